The van der Waals surface area contributed by atoms with Gasteiger partial charge < -0.3 is 4.74 Å². The number of thiazole rings is 1. The molecule has 0 amide bonds. The van der Waals surface area contributed by atoms with Crippen molar-refractivity contribution in [2.75, 3.05) is 0 Å². The number of ketones is 1. The van der Waals surface area contributed by atoms with Gasteiger partial charge >= 0.3 is 5.97 Å². The van der Waals surface area contributed by atoms with Gasteiger partial charge in [-0.1, -0.05) is 36.4 Å². The molecule has 0 saturated carbocycles. The number of aromatic nitrogens is 1. The third-order valence-electron chi connectivity index (χ3n) is 3.81. The van der Waals surface area contributed by atoms with Gasteiger partial charge in [0.2, 0.25) is 0 Å². The van der Waals surface area contributed by atoms with Crippen molar-refractivity contribution in [3.63, 3.8) is 0 Å². The number of hydrogen-bond acceptors (Lipinski definition) is 6. The number of esters is 1. The van der Waals surface area contributed by atoms with Crippen molar-refractivity contribution < 1.29 is 14.3 Å². The van der Waals surface area contributed by atoms with Gasteiger partial charge in [0, 0.05) is 16.5 Å². The largest absolute Gasteiger partial charge is 0.422 e. The molecule has 0 aliphatic heterocycles. The summed E-state index contributed by atoms with van der Waals surface area (Å²) in [6.07, 6.45) is 0. The molecule has 0 fully saturated rings. The van der Waals surface area contributed by atoms with Crippen molar-refractivity contribution in [3.05, 3.63) is 94.3 Å². The molecule has 4 rings (SSSR count). The Kier molecular flexibility index (Phi) is 4.91. The van der Waals surface area contributed by atoms with Crippen LogP contribution in [0.25, 0.3) is 9.88 Å². The lowest BCUT2D eigenvalue weighted by Gasteiger charge is -2.04. The molecule has 0 saturated heterocycles. The van der Waals surface area contributed by atoms with Gasteiger partial charge in [-0.05, 0) is 35.7 Å². The molecule has 0 spiro atoms. The third-order valence-corrected chi connectivity index (χ3v) is 5.69. The van der Waals surface area contributed by atoms with Gasteiger partial charge in [0.1, 0.15) is 10.8 Å². The number of hydrogen-bond donors (Lipinski definition) is 0. The van der Waals surface area contributed by atoms with E-state index < -0.39 is 5.97 Å². The maximum absolute atomic E-state index is 12.4. The Morgan fingerprint density at radius 1 is 0.815 bits per heavy atom. The normalized spacial score (nSPS) is 10.5. The molecule has 0 bridgehead atoms. The van der Waals surface area contributed by atoms with E-state index in [1.807, 2.05) is 35.7 Å². The zero-order valence-corrected chi connectivity index (χ0v) is 15.6. The number of ether oxygens (including phenoxy) is 1. The van der Waals surface area contributed by atoms with Gasteiger partial charge in [-0.25, -0.2) is 9.78 Å². The predicted molar refractivity (Wildman–Crippen MR) is 107 cm³/mol. The second-order valence-corrected chi connectivity index (χ2v) is 7.43. The van der Waals surface area contributed by atoms with Crippen molar-refractivity contribution in [1.29, 1.82) is 0 Å². The van der Waals surface area contributed by atoms with Gasteiger partial charge in [0.05, 0.1) is 4.88 Å². The topological polar surface area (TPSA) is 56.3 Å². The Balaban J connectivity index is 1.45. The number of nitrogens with zero attached hydrogens (tertiary/aromatic N) is 1. The first-order chi connectivity index (χ1) is 13.2. The number of rotatable bonds is 5. The van der Waals surface area contributed by atoms with E-state index in [2.05, 4.69) is 4.98 Å². The second-order valence-electron chi connectivity index (χ2n) is 5.62. The third kappa shape index (κ3) is 3.86. The number of thiophene rings is 1. The molecular weight excluding hydrogens is 378 g/mol. The van der Waals surface area contributed by atoms with Crippen LogP contribution >= 0.6 is 22.7 Å². The summed E-state index contributed by atoms with van der Waals surface area (Å²) in [6.45, 7) is 0. The zero-order valence-electron chi connectivity index (χ0n) is 14.0. The van der Waals surface area contributed by atoms with Crippen LogP contribution in [0.2, 0.25) is 0 Å². The predicted octanol–water partition coefficient (Wildman–Crippen LogP) is 5.32. The van der Waals surface area contributed by atoms with Gasteiger partial charge in [0.15, 0.2) is 11.5 Å². The Morgan fingerprint density at radius 3 is 2.26 bits per heavy atom. The molecule has 2 heterocycles. The number of carbonyl (C=O) groups is 2. The molecule has 0 radical (unpaired) electrons. The highest BCUT2D eigenvalue weighted by Crippen LogP contribution is 2.28. The van der Waals surface area contributed by atoms with Crippen LogP contribution in [0.5, 0.6) is 5.75 Å². The van der Waals surface area contributed by atoms with Gasteiger partial charge in [-0.2, -0.15) is 0 Å². The molecular formula is C21H13NO3S2. The van der Waals surface area contributed by atoms with Crippen molar-refractivity contribution in [3.8, 4) is 15.6 Å². The van der Waals surface area contributed by atoms with Crippen molar-refractivity contribution in [1.82, 2.24) is 4.98 Å². The van der Waals surface area contributed by atoms with Crippen LogP contribution in [0, 0.1) is 0 Å². The summed E-state index contributed by atoms with van der Waals surface area (Å²) in [7, 11) is 0. The Bertz CT molecular complexity index is 1070. The second kappa shape index (κ2) is 7.65. The van der Waals surface area contributed by atoms with Crippen LogP contribution < -0.4 is 4.74 Å². The van der Waals surface area contributed by atoms with E-state index in [0.29, 0.717) is 16.9 Å². The highest BCUT2D eigenvalue weighted by Gasteiger charge is 2.15. The maximum atomic E-state index is 12.4. The first-order valence-electron chi connectivity index (χ1n) is 8.12. The molecule has 4 aromatic rings. The van der Waals surface area contributed by atoms with Gasteiger partial charge in [-0.15, -0.1) is 22.7 Å². The van der Waals surface area contributed by atoms with Crippen molar-refractivity contribution in [2.45, 2.75) is 0 Å². The van der Waals surface area contributed by atoms with E-state index in [9.17, 15) is 9.59 Å². The molecule has 0 N–H and O–H groups in total. The zero-order chi connectivity index (χ0) is 18.6. The lowest BCUT2D eigenvalue weighted by Crippen LogP contribution is -2.09. The Hall–Kier alpha value is -3.09. The van der Waals surface area contributed by atoms with E-state index in [0.717, 1.165) is 9.88 Å². The summed E-state index contributed by atoms with van der Waals surface area (Å²) in [4.78, 5) is 30.0. The fourth-order valence-electron chi connectivity index (χ4n) is 2.47. The highest BCUT2D eigenvalue weighted by atomic mass is 32.1. The molecule has 4 nitrogen and oxygen atoms in total. The quantitative estimate of drug-likeness (QED) is 0.262. The molecule has 0 aliphatic rings. The fraction of sp³-hybridized carbons (Fsp3) is 0. The molecule has 2 aromatic heterocycles. The minimum absolute atomic E-state index is 0.0754. The first-order valence-corrected chi connectivity index (χ1v) is 9.88. The van der Waals surface area contributed by atoms with Crippen LogP contribution in [-0.2, 0) is 0 Å². The lowest BCUT2D eigenvalue weighted by molar-refractivity contribution is 0.0729. The summed E-state index contributed by atoms with van der Waals surface area (Å²) >= 11 is 2.98. The average Bonchev–Trinajstić information content (AvgIpc) is 3.40. The highest BCUT2D eigenvalue weighted by molar-refractivity contribution is 7.20. The van der Waals surface area contributed by atoms with E-state index in [1.165, 1.54) is 11.3 Å². The summed E-state index contributed by atoms with van der Waals surface area (Å²) in [5.74, 6) is -0.222. The van der Waals surface area contributed by atoms with E-state index in [-0.39, 0.29) is 11.5 Å². The van der Waals surface area contributed by atoms with Crippen LogP contribution in [0.1, 0.15) is 26.4 Å². The summed E-state index contributed by atoms with van der Waals surface area (Å²) in [6, 6.07) is 19.5. The van der Waals surface area contributed by atoms with Gasteiger partial charge in [-0.3, -0.25) is 4.79 Å². The monoisotopic (exact) mass is 391 g/mol. The van der Waals surface area contributed by atoms with Crippen LogP contribution in [0.3, 0.4) is 0 Å². The van der Waals surface area contributed by atoms with Crippen LogP contribution in [-0.4, -0.2) is 16.7 Å². The molecule has 6 heteroatoms. The molecule has 27 heavy (non-hydrogen) atoms. The number of carbonyl (C=O) groups excluding carboxylic acids is 2. The molecule has 0 aliphatic carbocycles. The molecule has 0 unspecified atom stereocenters. The van der Waals surface area contributed by atoms with Crippen molar-refractivity contribution >= 4 is 34.4 Å². The average molecular weight is 391 g/mol. The minimum Gasteiger partial charge on any atom is -0.422 e. The SMILES string of the molecule is O=C(c1ccccc1)c1ccc(OC(=O)c2csc(-c3cccs3)n2)cc1. The van der Waals surface area contributed by atoms with Crippen LogP contribution in [0.15, 0.2) is 77.5 Å². The van der Waals surface area contributed by atoms with Crippen molar-refractivity contribution in [2.24, 2.45) is 0 Å². The molecule has 2 aromatic carbocycles. The fourth-order valence-corrected chi connectivity index (χ4v) is 4.07. The van der Waals surface area contributed by atoms with E-state index in [4.69, 9.17) is 4.74 Å². The minimum atomic E-state index is -0.517. The molecule has 132 valence electrons. The maximum Gasteiger partial charge on any atom is 0.363 e. The first kappa shape index (κ1) is 17.3. The standard InChI is InChI=1S/C21H13NO3S2/c23-19(14-5-2-1-3-6-14)15-8-10-16(11-9-15)25-21(24)17-13-27-20(22-17)18-7-4-12-26-18/h1-13H. The van der Waals surface area contributed by atoms with Gasteiger partial charge in [0.25, 0.3) is 0 Å². The number of benzene rings is 2. The van der Waals surface area contributed by atoms with Crippen LogP contribution in [0.4, 0.5) is 0 Å². The summed E-state index contributed by atoms with van der Waals surface area (Å²) in [5, 5.41) is 4.44. The van der Waals surface area contributed by atoms with E-state index in [1.54, 1.807) is 53.1 Å². The molecule has 0 atom stereocenters. The Morgan fingerprint density at radius 2 is 1.56 bits per heavy atom. The summed E-state index contributed by atoms with van der Waals surface area (Å²) in [5.41, 5.74) is 1.42. The van der Waals surface area contributed by atoms with E-state index >= 15 is 0 Å². The lowest BCUT2D eigenvalue weighted by atomic mass is 10.0. The summed E-state index contributed by atoms with van der Waals surface area (Å²) < 4.78 is 5.37. The smallest absolute Gasteiger partial charge is 0.363 e. The Labute approximate surface area is 163 Å².